The maximum absolute atomic E-state index is 12.2. The number of amides is 3. The summed E-state index contributed by atoms with van der Waals surface area (Å²) in [5.41, 5.74) is 2.38. The van der Waals surface area contributed by atoms with Gasteiger partial charge in [-0.1, -0.05) is 17.7 Å². The summed E-state index contributed by atoms with van der Waals surface area (Å²) in [5.74, 6) is -0.139. The molecule has 22 heavy (non-hydrogen) atoms. The summed E-state index contributed by atoms with van der Waals surface area (Å²) in [7, 11) is 3.33. The SMILES string of the molecule is CN(C)C(=O)Nc1cccc(C(=O)NCC2=CCNCC2)c1. The number of benzene rings is 1. The van der Waals surface area contributed by atoms with Crippen LogP contribution in [0.1, 0.15) is 16.8 Å². The van der Waals surface area contributed by atoms with Crippen LogP contribution in [-0.4, -0.2) is 50.6 Å². The van der Waals surface area contributed by atoms with Gasteiger partial charge in [-0.25, -0.2) is 4.79 Å². The highest BCUT2D eigenvalue weighted by molar-refractivity contribution is 5.96. The van der Waals surface area contributed by atoms with Crippen LogP contribution in [0.4, 0.5) is 10.5 Å². The molecule has 0 fully saturated rings. The van der Waals surface area contributed by atoms with Gasteiger partial charge < -0.3 is 20.9 Å². The molecule has 2 rings (SSSR count). The van der Waals surface area contributed by atoms with Crippen molar-refractivity contribution >= 4 is 17.6 Å². The Hall–Kier alpha value is -2.34. The van der Waals surface area contributed by atoms with E-state index in [1.165, 1.54) is 10.5 Å². The third-order valence-electron chi connectivity index (χ3n) is 3.42. The first-order valence-electron chi connectivity index (χ1n) is 7.31. The van der Waals surface area contributed by atoms with Crippen molar-refractivity contribution in [2.24, 2.45) is 0 Å². The Bertz CT molecular complexity index is 581. The van der Waals surface area contributed by atoms with Crippen LogP contribution in [0.3, 0.4) is 0 Å². The molecule has 0 atom stereocenters. The predicted octanol–water partition coefficient (Wildman–Crippen LogP) is 1.43. The summed E-state index contributed by atoms with van der Waals surface area (Å²) >= 11 is 0. The standard InChI is InChI=1S/C16H22N4O2/c1-20(2)16(22)19-14-5-3-4-13(10-14)15(21)18-11-12-6-8-17-9-7-12/h3-6,10,17H,7-9,11H2,1-2H3,(H,18,21)(H,19,22). The number of hydrogen-bond donors (Lipinski definition) is 3. The van der Waals surface area contributed by atoms with Gasteiger partial charge in [0, 0.05) is 38.4 Å². The molecular weight excluding hydrogens is 280 g/mol. The quantitative estimate of drug-likeness (QED) is 0.737. The molecule has 1 aliphatic heterocycles. The number of urea groups is 1. The molecule has 0 radical (unpaired) electrons. The van der Waals surface area contributed by atoms with Crippen molar-refractivity contribution in [3.63, 3.8) is 0 Å². The minimum absolute atomic E-state index is 0.139. The third kappa shape index (κ3) is 4.60. The number of anilines is 1. The number of nitrogens with zero attached hydrogens (tertiary/aromatic N) is 1. The molecule has 0 unspecified atom stereocenters. The highest BCUT2D eigenvalue weighted by atomic mass is 16.2. The van der Waals surface area contributed by atoms with Crippen LogP contribution in [0.5, 0.6) is 0 Å². The van der Waals surface area contributed by atoms with Crippen molar-refractivity contribution in [2.75, 3.05) is 39.0 Å². The highest BCUT2D eigenvalue weighted by Crippen LogP contribution is 2.11. The average molecular weight is 302 g/mol. The molecule has 3 N–H and O–H groups in total. The van der Waals surface area contributed by atoms with E-state index in [0.717, 1.165) is 19.5 Å². The first kappa shape index (κ1) is 16.0. The van der Waals surface area contributed by atoms with E-state index < -0.39 is 0 Å². The molecule has 0 spiro atoms. The Morgan fingerprint density at radius 1 is 1.32 bits per heavy atom. The molecule has 118 valence electrons. The summed E-state index contributed by atoms with van der Waals surface area (Å²) in [6.07, 6.45) is 3.07. The van der Waals surface area contributed by atoms with E-state index in [2.05, 4.69) is 22.0 Å². The maximum Gasteiger partial charge on any atom is 0.321 e. The van der Waals surface area contributed by atoms with Gasteiger partial charge in [-0.2, -0.15) is 0 Å². The molecule has 1 aliphatic rings. The van der Waals surface area contributed by atoms with E-state index in [4.69, 9.17) is 0 Å². The second-order valence-corrected chi connectivity index (χ2v) is 5.40. The van der Waals surface area contributed by atoms with E-state index in [1.54, 1.807) is 38.4 Å². The van der Waals surface area contributed by atoms with Gasteiger partial charge in [-0.15, -0.1) is 0 Å². The Kier molecular flexibility index (Phi) is 5.55. The fourth-order valence-electron chi connectivity index (χ4n) is 2.10. The van der Waals surface area contributed by atoms with Gasteiger partial charge in [0.2, 0.25) is 0 Å². The summed E-state index contributed by atoms with van der Waals surface area (Å²) < 4.78 is 0. The lowest BCUT2D eigenvalue weighted by Crippen LogP contribution is -2.30. The highest BCUT2D eigenvalue weighted by Gasteiger charge is 2.10. The number of rotatable bonds is 4. The molecule has 0 saturated carbocycles. The minimum atomic E-state index is -0.225. The zero-order chi connectivity index (χ0) is 15.9. The molecule has 0 bridgehead atoms. The van der Waals surface area contributed by atoms with Crippen molar-refractivity contribution in [1.82, 2.24) is 15.5 Å². The van der Waals surface area contributed by atoms with Crippen LogP contribution in [0.2, 0.25) is 0 Å². The molecule has 0 saturated heterocycles. The van der Waals surface area contributed by atoms with Gasteiger partial charge >= 0.3 is 6.03 Å². The monoisotopic (exact) mass is 302 g/mol. The van der Waals surface area contributed by atoms with Gasteiger partial charge in [-0.3, -0.25) is 4.79 Å². The molecule has 1 heterocycles. The molecular formula is C16H22N4O2. The molecule has 6 heteroatoms. The van der Waals surface area contributed by atoms with E-state index in [-0.39, 0.29) is 11.9 Å². The minimum Gasteiger partial charge on any atom is -0.348 e. The van der Waals surface area contributed by atoms with Gasteiger partial charge in [0.1, 0.15) is 0 Å². The molecule has 0 aliphatic carbocycles. The Balaban J connectivity index is 1.94. The van der Waals surface area contributed by atoms with Crippen LogP contribution >= 0.6 is 0 Å². The molecule has 0 aromatic heterocycles. The van der Waals surface area contributed by atoms with Crippen molar-refractivity contribution in [2.45, 2.75) is 6.42 Å². The fourth-order valence-corrected chi connectivity index (χ4v) is 2.10. The predicted molar refractivity (Wildman–Crippen MR) is 87.1 cm³/mol. The largest absolute Gasteiger partial charge is 0.348 e. The number of carbonyl (C=O) groups is 2. The number of hydrogen-bond acceptors (Lipinski definition) is 3. The summed E-state index contributed by atoms with van der Waals surface area (Å²) in [5, 5.41) is 8.88. The second-order valence-electron chi connectivity index (χ2n) is 5.40. The van der Waals surface area contributed by atoms with Crippen molar-refractivity contribution < 1.29 is 9.59 Å². The Morgan fingerprint density at radius 2 is 2.14 bits per heavy atom. The Labute approximate surface area is 130 Å². The molecule has 3 amide bonds. The van der Waals surface area contributed by atoms with Crippen LogP contribution in [0, 0.1) is 0 Å². The van der Waals surface area contributed by atoms with Gasteiger partial charge in [0.25, 0.3) is 5.91 Å². The Morgan fingerprint density at radius 3 is 2.82 bits per heavy atom. The lowest BCUT2D eigenvalue weighted by Gasteiger charge is -2.15. The first-order valence-corrected chi connectivity index (χ1v) is 7.31. The summed E-state index contributed by atoms with van der Waals surface area (Å²) in [4.78, 5) is 25.2. The van der Waals surface area contributed by atoms with Gasteiger partial charge in [0.05, 0.1) is 0 Å². The lowest BCUT2D eigenvalue weighted by atomic mass is 10.1. The normalized spacial score (nSPS) is 14.0. The van der Waals surface area contributed by atoms with Crippen LogP contribution < -0.4 is 16.0 Å². The molecule has 1 aromatic rings. The third-order valence-corrected chi connectivity index (χ3v) is 3.42. The second kappa shape index (κ2) is 7.61. The maximum atomic E-state index is 12.2. The zero-order valence-electron chi connectivity index (χ0n) is 13.0. The topological polar surface area (TPSA) is 73.5 Å². The van der Waals surface area contributed by atoms with E-state index in [1.807, 2.05) is 0 Å². The van der Waals surface area contributed by atoms with Gasteiger partial charge in [0.15, 0.2) is 0 Å². The first-order chi connectivity index (χ1) is 10.6. The van der Waals surface area contributed by atoms with E-state index in [9.17, 15) is 9.59 Å². The summed E-state index contributed by atoms with van der Waals surface area (Å²) in [6, 6.07) is 6.69. The molecule has 1 aromatic carbocycles. The number of nitrogens with one attached hydrogen (secondary N) is 3. The fraction of sp³-hybridized carbons (Fsp3) is 0.375. The van der Waals surface area contributed by atoms with Crippen LogP contribution in [0.15, 0.2) is 35.9 Å². The van der Waals surface area contributed by atoms with Crippen molar-refractivity contribution in [3.05, 3.63) is 41.5 Å². The zero-order valence-corrected chi connectivity index (χ0v) is 13.0. The summed E-state index contributed by atoms with van der Waals surface area (Å²) in [6.45, 7) is 2.37. The molecule has 6 nitrogen and oxygen atoms in total. The van der Waals surface area contributed by atoms with Crippen molar-refractivity contribution in [1.29, 1.82) is 0 Å². The van der Waals surface area contributed by atoms with E-state index in [0.29, 0.717) is 17.8 Å². The average Bonchev–Trinajstić information content (AvgIpc) is 2.53. The lowest BCUT2D eigenvalue weighted by molar-refractivity contribution is 0.0956. The van der Waals surface area contributed by atoms with Gasteiger partial charge in [-0.05, 0) is 31.2 Å². The van der Waals surface area contributed by atoms with E-state index >= 15 is 0 Å². The number of carbonyl (C=O) groups excluding carboxylic acids is 2. The smallest absolute Gasteiger partial charge is 0.321 e. The van der Waals surface area contributed by atoms with Crippen molar-refractivity contribution in [3.8, 4) is 0 Å². The van der Waals surface area contributed by atoms with Crippen LogP contribution in [-0.2, 0) is 0 Å². The van der Waals surface area contributed by atoms with Crippen LogP contribution in [0.25, 0.3) is 0 Å².